The summed E-state index contributed by atoms with van der Waals surface area (Å²) in [7, 11) is 1.89. The molecule has 0 spiro atoms. The summed E-state index contributed by atoms with van der Waals surface area (Å²) in [5, 5.41) is 7.22. The minimum atomic E-state index is 0.0590. The van der Waals surface area contributed by atoms with Gasteiger partial charge in [0, 0.05) is 17.8 Å². The van der Waals surface area contributed by atoms with Gasteiger partial charge in [-0.15, -0.1) is 22.7 Å². The number of thiazole rings is 2. The van der Waals surface area contributed by atoms with E-state index in [0.29, 0.717) is 0 Å². The molecule has 0 aliphatic carbocycles. The van der Waals surface area contributed by atoms with Gasteiger partial charge in [0.2, 0.25) is 0 Å². The lowest BCUT2D eigenvalue weighted by Gasteiger charge is -2.16. The van der Waals surface area contributed by atoms with Crippen molar-refractivity contribution in [2.75, 3.05) is 12.4 Å². The summed E-state index contributed by atoms with van der Waals surface area (Å²) in [4.78, 5) is 10.4. The molecule has 2 rings (SSSR count). The Morgan fingerprint density at radius 2 is 1.94 bits per heavy atom. The van der Waals surface area contributed by atoms with Gasteiger partial charge in [-0.3, -0.25) is 0 Å². The van der Waals surface area contributed by atoms with E-state index in [0.717, 1.165) is 21.5 Å². The van der Waals surface area contributed by atoms with E-state index in [1.54, 1.807) is 22.7 Å². The summed E-state index contributed by atoms with van der Waals surface area (Å²) in [5.41, 5.74) is 2.24. The van der Waals surface area contributed by atoms with Crippen LogP contribution in [0, 0.1) is 6.92 Å². The predicted molar refractivity (Wildman–Crippen MR) is 76.2 cm³/mol. The summed E-state index contributed by atoms with van der Waals surface area (Å²) >= 11 is 3.35. The highest BCUT2D eigenvalue weighted by Crippen LogP contribution is 2.37. The van der Waals surface area contributed by atoms with Crippen molar-refractivity contribution in [1.82, 2.24) is 9.97 Å². The number of hydrogen-bond acceptors (Lipinski definition) is 5. The highest BCUT2D eigenvalue weighted by molar-refractivity contribution is 7.16. The predicted octanol–water partition coefficient (Wildman–Crippen LogP) is 3.91. The fourth-order valence-electron chi connectivity index (χ4n) is 1.60. The molecule has 2 aromatic rings. The van der Waals surface area contributed by atoms with Gasteiger partial charge >= 0.3 is 0 Å². The van der Waals surface area contributed by atoms with Crippen LogP contribution in [0.15, 0.2) is 5.38 Å². The van der Waals surface area contributed by atoms with Crippen molar-refractivity contribution in [3.8, 4) is 10.6 Å². The molecule has 0 atom stereocenters. The first-order chi connectivity index (χ1) is 7.91. The summed E-state index contributed by atoms with van der Waals surface area (Å²) in [5.74, 6) is 0. The van der Waals surface area contributed by atoms with Gasteiger partial charge in [0.05, 0.1) is 21.3 Å². The van der Waals surface area contributed by atoms with Crippen LogP contribution >= 0.6 is 22.7 Å². The zero-order valence-corrected chi connectivity index (χ0v) is 12.4. The van der Waals surface area contributed by atoms with Gasteiger partial charge in [-0.05, 0) is 6.92 Å². The first-order valence-electron chi connectivity index (χ1n) is 5.53. The molecule has 0 aromatic carbocycles. The van der Waals surface area contributed by atoms with Gasteiger partial charge in [-0.1, -0.05) is 20.8 Å². The largest absolute Gasteiger partial charge is 0.365 e. The van der Waals surface area contributed by atoms with Crippen molar-refractivity contribution in [3.05, 3.63) is 16.1 Å². The maximum atomic E-state index is 4.66. The topological polar surface area (TPSA) is 37.8 Å². The van der Waals surface area contributed by atoms with E-state index in [2.05, 4.69) is 48.4 Å². The molecule has 0 aliphatic heterocycles. The van der Waals surface area contributed by atoms with Gasteiger partial charge in [-0.2, -0.15) is 0 Å². The number of rotatable bonds is 2. The average Bonchev–Trinajstić information content (AvgIpc) is 2.81. The van der Waals surface area contributed by atoms with E-state index >= 15 is 0 Å². The van der Waals surface area contributed by atoms with Crippen molar-refractivity contribution >= 4 is 27.8 Å². The first-order valence-corrected chi connectivity index (χ1v) is 7.23. The molecular weight excluding hydrogens is 250 g/mol. The molecule has 0 bridgehead atoms. The van der Waals surface area contributed by atoms with Crippen LogP contribution in [0.3, 0.4) is 0 Å². The number of aryl methyl sites for hydroxylation is 1. The molecule has 0 saturated heterocycles. The molecule has 0 saturated carbocycles. The Bertz CT molecular complexity index is 520. The van der Waals surface area contributed by atoms with Crippen LogP contribution in [-0.2, 0) is 5.41 Å². The zero-order chi connectivity index (χ0) is 12.6. The molecule has 0 unspecified atom stereocenters. The third-order valence-electron chi connectivity index (χ3n) is 2.40. The molecule has 0 amide bonds. The van der Waals surface area contributed by atoms with Crippen LogP contribution in [0.2, 0.25) is 0 Å². The van der Waals surface area contributed by atoms with Crippen molar-refractivity contribution < 1.29 is 0 Å². The van der Waals surface area contributed by atoms with Crippen LogP contribution < -0.4 is 5.32 Å². The number of hydrogen-bond donors (Lipinski definition) is 1. The highest BCUT2D eigenvalue weighted by atomic mass is 32.1. The monoisotopic (exact) mass is 267 g/mol. The van der Waals surface area contributed by atoms with E-state index in [1.807, 2.05) is 7.05 Å². The normalized spacial score (nSPS) is 11.8. The number of aromatic nitrogens is 2. The average molecular weight is 267 g/mol. The van der Waals surface area contributed by atoms with Gasteiger partial charge < -0.3 is 5.32 Å². The Morgan fingerprint density at radius 1 is 1.24 bits per heavy atom. The number of nitrogens with zero attached hydrogens (tertiary/aromatic N) is 2. The minimum absolute atomic E-state index is 0.0590. The van der Waals surface area contributed by atoms with E-state index in [9.17, 15) is 0 Å². The third-order valence-corrected chi connectivity index (χ3v) is 4.25. The lowest BCUT2D eigenvalue weighted by atomic mass is 9.91. The smallest absolute Gasteiger partial charge is 0.182 e. The molecule has 3 nitrogen and oxygen atoms in total. The lowest BCUT2D eigenvalue weighted by molar-refractivity contribution is 0.573. The van der Waals surface area contributed by atoms with Gasteiger partial charge in [0.25, 0.3) is 0 Å². The summed E-state index contributed by atoms with van der Waals surface area (Å²) in [6.45, 7) is 8.62. The van der Waals surface area contributed by atoms with Crippen molar-refractivity contribution in [2.24, 2.45) is 0 Å². The van der Waals surface area contributed by atoms with Crippen LogP contribution in [0.25, 0.3) is 10.6 Å². The zero-order valence-electron chi connectivity index (χ0n) is 10.8. The molecular formula is C12H17N3S2. The molecule has 92 valence electrons. The van der Waals surface area contributed by atoms with Crippen LogP contribution in [0.1, 0.15) is 31.5 Å². The fraction of sp³-hybridized carbons (Fsp3) is 0.500. The van der Waals surface area contributed by atoms with E-state index in [4.69, 9.17) is 0 Å². The second-order valence-corrected chi connectivity index (χ2v) is 7.01. The standard InChI is InChI=1S/C12H17N3S2/c1-7-14-10(12(2,3)4)9(17-7)8-6-16-11(13-5)15-8/h6H,1-5H3,(H,13,15). The Hall–Kier alpha value is -0.940. The van der Waals surface area contributed by atoms with Gasteiger partial charge in [0.15, 0.2) is 5.13 Å². The molecule has 2 heterocycles. The van der Waals surface area contributed by atoms with Gasteiger partial charge in [-0.25, -0.2) is 9.97 Å². The van der Waals surface area contributed by atoms with Gasteiger partial charge in [0.1, 0.15) is 0 Å². The summed E-state index contributed by atoms with van der Waals surface area (Å²) in [6.07, 6.45) is 0. The number of anilines is 1. The second kappa shape index (κ2) is 4.38. The van der Waals surface area contributed by atoms with Crippen molar-refractivity contribution in [1.29, 1.82) is 0 Å². The van der Waals surface area contributed by atoms with Crippen molar-refractivity contribution in [3.63, 3.8) is 0 Å². The highest BCUT2D eigenvalue weighted by Gasteiger charge is 2.24. The quantitative estimate of drug-likeness (QED) is 0.896. The molecule has 1 N–H and O–H groups in total. The number of nitrogens with one attached hydrogen (secondary N) is 1. The fourth-order valence-corrected chi connectivity index (χ4v) is 3.43. The molecule has 2 aromatic heterocycles. The lowest BCUT2D eigenvalue weighted by Crippen LogP contribution is -2.13. The third kappa shape index (κ3) is 2.50. The second-order valence-electron chi connectivity index (χ2n) is 4.95. The molecule has 0 radical (unpaired) electrons. The van der Waals surface area contributed by atoms with E-state index < -0.39 is 0 Å². The summed E-state index contributed by atoms with van der Waals surface area (Å²) < 4.78 is 0. The Labute approximate surface area is 110 Å². The maximum absolute atomic E-state index is 4.66. The minimum Gasteiger partial charge on any atom is -0.365 e. The van der Waals surface area contributed by atoms with Crippen LogP contribution in [0.5, 0.6) is 0 Å². The Kier molecular flexibility index (Phi) is 3.23. The maximum Gasteiger partial charge on any atom is 0.182 e. The first kappa shape index (κ1) is 12.5. The Balaban J connectivity index is 2.51. The molecule has 0 fully saturated rings. The van der Waals surface area contributed by atoms with Crippen LogP contribution in [-0.4, -0.2) is 17.0 Å². The van der Waals surface area contributed by atoms with E-state index in [-0.39, 0.29) is 5.41 Å². The Morgan fingerprint density at radius 3 is 2.47 bits per heavy atom. The summed E-state index contributed by atoms with van der Waals surface area (Å²) in [6, 6.07) is 0. The van der Waals surface area contributed by atoms with E-state index in [1.165, 1.54) is 4.88 Å². The molecule has 0 aliphatic rings. The molecule has 17 heavy (non-hydrogen) atoms. The SMILES string of the molecule is CNc1nc(-c2sc(C)nc2C(C)(C)C)cs1. The molecule has 5 heteroatoms. The van der Waals surface area contributed by atoms with Crippen LogP contribution in [0.4, 0.5) is 5.13 Å². The van der Waals surface area contributed by atoms with Crippen molar-refractivity contribution in [2.45, 2.75) is 33.1 Å².